The average molecular weight is 979 g/mol. The molecule has 2 fully saturated rings. The van der Waals surface area contributed by atoms with E-state index in [1.165, 1.54) is 24.3 Å². The highest BCUT2D eigenvalue weighted by molar-refractivity contribution is 5.91. The van der Waals surface area contributed by atoms with E-state index in [1.807, 2.05) is 63.5 Å². The molecule has 2 aromatic carbocycles. The maximum atomic E-state index is 14.2. The van der Waals surface area contributed by atoms with Crippen LogP contribution in [0.15, 0.2) is 48.5 Å². The first kappa shape index (κ1) is 57.6. The normalized spacial score (nSPS) is 17.9. The van der Waals surface area contributed by atoms with Crippen molar-refractivity contribution in [2.24, 2.45) is 10.8 Å². The molecule has 390 valence electrons. The topological polar surface area (TPSA) is 163 Å². The molecule has 4 N–H and O–H groups in total. The van der Waals surface area contributed by atoms with Gasteiger partial charge in [-0.05, 0) is 126 Å². The van der Waals surface area contributed by atoms with Crippen LogP contribution < -0.4 is 21.3 Å². The van der Waals surface area contributed by atoms with Crippen LogP contribution >= 0.6 is 0 Å². The lowest BCUT2D eigenvalue weighted by molar-refractivity contribution is -0.142. The van der Waals surface area contributed by atoms with Gasteiger partial charge in [0.25, 0.3) is 0 Å². The quantitative estimate of drug-likeness (QED) is 0.0881. The molecule has 16 heteroatoms. The van der Waals surface area contributed by atoms with Gasteiger partial charge in [-0.15, -0.1) is 0 Å². The molecule has 4 rings (SSSR count). The van der Waals surface area contributed by atoms with Crippen molar-refractivity contribution in [2.75, 3.05) is 53.4 Å². The molecule has 2 aliphatic rings. The summed E-state index contributed by atoms with van der Waals surface area (Å²) in [6, 6.07) is 9.73. The van der Waals surface area contributed by atoms with E-state index >= 15 is 0 Å². The van der Waals surface area contributed by atoms with Crippen molar-refractivity contribution in [1.82, 2.24) is 40.9 Å². The van der Waals surface area contributed by atoms with Gasteiger partial charge < -0.3 is 40.9 Å². The number of halogens is 2. The van der Waals surface area contributed by atoms with Gasteiger partial charge in [0.15, 0.2) is 0 Å². The molecule has 2 aliphatic heterocycles. The average Bonchev–Trinajstić information content (AvgIpc) is 3.99. The van der Waals surface area contributed by atoms with Gasteiger partial charge in [0.05, 0.1) is 12.1 Å². The number of benzene rings is 2. The predicted octanol–water partition coefficient (Wildman–Crippen LogP) is 6.01. The Morgan fingerprint density at radius 1 is 0.614 bits per heavy atom. The molecule has 2 saturated heterocycles. The zero-order chi connectivity index (χ0) is 51.8. The van der Waals surface area contributed by atoms with Crippen LogP contribution in [0, 0.1) is 22.5 Å². The molecule has 0 aromatic heterocycles. The summed E-state index contributed by atoms with van der Waals surface area (Å²) < 4.78 is 28.4. The minimum absolute atomic E-state index is 0.0562. The second-order valence-electron chi connectivity index (χ2n) is 21.6. The Morgan fingerprint density at radius 2 is 0.986 bits per heavy atom. The van der Waals surface area contributed by atoms with Crippen molar-refractivity contribution in [2.45, 2.75) is 169 Å². The molecule has 2 aromatic rings. The van der Waals surface area contributed by atoms with E-state index in [2.05, 4.69) is 21.3 Å². The molecule has 0 bridgehead atoms. The highest BCUT2D eigenvalue weighted by Gasteiger charge is 2.42. The number of amides is 6. The number of carbonyl (C=O) groups excluding carboxylic acids is 6. The SMILES string of the molecule is CN[C@@H](C)C(=O)N[C@H](C(=O)N1CCC[C@H]1CN(CCc1cccc(F)c1)C(=O)CCCCCCC(=O)N(CCc1cccc(F)c1)C[C@@H]1CCCN1C(=O)[C@@H](NC(=O)[C@H](C)NC)C(C)(C)C)C(C)(C)C. The van der Waals surface area contributed by atoms with E-state index in [-0.39, 0.29) is 72.0 Å². The Morgan fingerprint density at radius 3 is 1.31 bits per heavy atom. The van der Waals surface area contributed by atoms with Crippen LogP contribution in [0.4, 0.5) is 8.78 Å². The standard InChI is InChI=1S/C54H84F2N8O6/c1-37(57-9)49(67)59-47(53(3,4)5)51(69)63-29-17-23-43(63)35-61(31-27-39-19-15-21-41(55)33-39)45(65)25-13-11-12-14-26-46(66)62(32-28-40-20-16-22-42(56)34-40)36-44-24-18-30-64(44)52(70)48(54(6,7)8)60-50(68)38(2)58-10/h15-16,19-22,33-34,37-38,43-44,47-48,57-58H,11-14,17-18,23-32,35-36H2,1-10H3,(H,59,67)(H,60,68)/t37-,38-,43-,44-,47+,48+/m0/s1. The number of likely N-dealkylation sites (tertiary alicyclic amines) is 2. The van der Waals surface area contributed by atoms with E-state index < -0.39 is 35.0 Å². The number of nitrogens with zero attached hydrogens (tertiary/aromatic N) is 4. The van der Waals surface area contributed by atoms with E-state index in [0.29, 0.717) is 90.6 Å². The Kier molecular flexibility index (Phi) is 22.2. The molecular formula is C54H84F2N8O6. The van der Waals surface area contributed by atoms with Crippen LogP contribution in [0.1, 0.15) is 131 Å². The number of carbonyl (C=O) groups is 6. The molecular weight excluding hydrogens is 895 g/mol. The lowest BCUT2D eigenvalue weighted by atomic mass is 9.85. The smallest absolute Gasteiger partial charge is 0.246 e. The molecule has 6 amide bonds. The van der Waals surface area contributed by atoms with Gasteiger partial charge in [0.1, 0.15) is 23.7 Å². The first-order chi connectivity index (χ1) is 33.0. The molecule has 0 saturated carbocycles. The van der Waals surface area contributed by atoms with E-state index in [0.717, 1.165) is 24.0 Å². The summed E-state index contributed by atoms with van der Waals surface area (Å²) >= 11 is 0. The highest BCUT2D eigenvalue weighted by atomic mass is 19.1. The Hall–Kier alpha value is -4.96. The number of nitrogens with one attached hydrogen (secondary N) is 4. The number of hydrogen-bond acceptors (Lipinski definition) is 8. The van der Waals surface area contributed by atoms with E-state index in [4.69, 9.17) is 0 Å². The van der Waals surface area contributed by atoms with Crippen LogP contribution in [0.2, 0.25) is 0 Å². The van der Waals surface area contributed by atoms with Crippen LogP contribution in [-0.4, -0.2) is 145 Å². The second kappa shape index (κ2) is 27.0. The van der Waals surface area contributed by atoms with Crippen molar-refractivity contribution < 1.29 is 37.5 Å². The van der Waals surface area contributed by atoms with Gasteiger partial charge in [-0.25, -0.2) is 8.78 Å². The summed E-state index contributed by atoms with van der Waals surface area (Å²) in [6.45, 7) is 17.4. The highest BCUT2D eigenvalue weighted by Crippen LogP contribution is 2.29. The maximum Gasteiger partial charge on any atom is 0.246 e. The van der Waals surface area contributed by atoms with Gasteiger partial charge in [0, 0.05) is 64.2 Å². The fraction of sp³-hybridized carbons (Fsp3) is 0.667. The van der Waals surface area contributed by atoms with Crippen molar-refractivity contribution in [1.29, 1.82) is 0 Å². The molecule has 2 heterocycles. The zero-order valence-electron chi connectivity index (χ0n) is 43.8. The molecule has 14 nitrogen and oxygen atoms in total. The Labute approximate surface area is 416 Å². The maximum absolute atomic E-state index is 14.2. The molecule has 70 heavy (non-hydrogen) atoms. The van der Waals surface area contributed by atoms with Crippen LogP contribution in [0.5, 0.6) is 0 Å². The minimum atomic E-state index is -0.763. The Bertz CT molecular complexity index is 1910. The summed E-state index contributed by atoms with van der Waals surface area (Å²) in [5.41, 5.74) is 0.411. The van der Waals surface area contributed by atoms with E-state index in [9.17, 15) is 37.5 Å². The summed E-state index contributed by atoms with van der Waals surface area (Å²) in [5, 5.41) is 11.8. The first-order valence-electron chi connectivity index (χ1n) is 25.6. The first-order valence-corrected chi connectivity index (χ1v) is 25.6. The largest absolute Gasteiger partial charge is 0.342 e. The molecule has 0 radical (unpaired) electrons. The van der Waals surface area contributed by atoms with Gasteiger partial charge in [-0.1, -0.05) is 78.6 Å². The molecule has 0 spiro atoms. The molecule has 0 aliphatic carbocycles. The van der Waals surface area contributed by atoms with Crippen molar-refractivity contribution in [3.05, 3.63) is 71.3 Å². The third kappa shape index (κ3) is 17.4. The zero-order valence-corrected chi connectivity index (χ0v) is 43.8. The summed E-state index contributed by atoms with van der Waals surface area (Å²) in [7, 11) is 3.39. The number of likely N-dealkylation sites (N-methyl/N-ethyl adjacent to an activating group) is 2. The lowest BCUT2D eigenvalue weighted by Crippen LogP contribution is -2.59. The fourth-order valence-electron chi connectivity index (χ4n) is 9.34. The van der Waals surface area contributed by atoms with Gasteiger partial charge in [-0.3, -0.25) is 28.8 Å². The second-order valence-corrected chi connectivity index (χ2v) is 21.6. The van der Waals surface area contributed by atoms with Crippen molar-refractivity contribution >= 4 is 35.4 Å². The third-order valence-electron chi connectivity index (χ3n) is 14.0. The molecule has 6 atom stereocenters. The van der Waals surface area contributed by atoms with Crippen molar-refractivity contribution in [3.8, 4) is 0 Å². The minimum Gasteiger partial charge on any atom is -0.342 e. The number of unbranched alkanes of at least 4 members (excludes halogenated alkanes) is 3. The summed E-state index contributed by atoms with van der Waals surface area (Å²) in [4.78, 5) is 89.7. The van der Waals surface area contributed by atoms with Gasteiger partial charge >= 0.3 is 0 Å². The van der Waals surface area contributed by atoms with E-state index in [1.54, 1.807) is 49.9 Å². The monoisotopic (exact) mass is 979 g/mol. The molecule has 0 unspecified atom stereocenters. The Balaban J connectivity index is 1.40. The summed E-state index contributed by atoms with van der Waals surface area (Å²) in [5.74, 6) is -1.68. The van der Waals surface area contributed by atoms with Crippen LogP contribution in [-0.2, 0) is 41.6 Å². The van der Waals surface area contributed by atoms with Crippen LogP contribution in [0.3, 0.4) is 0 Å². The fourth-order valence-corrected chi connectivity index (χ4v) is 9.34. The third-order valence-corrected chi connectivity index (χ3v) is 14.0. The number of rotatable bonds is 25. The summed E-state index contributed by atoms with van der Waals surface area (Å²) in [6.07, 6.45) is 7.01. The lowest BCUT2D eigenvalue weighted by Gasteiger charge is -2.37. The van der Waals surface area contributed by atoms with Crippen LogP contribution in [0.25, 0.3) is 0 Å². The number of hydrogen-bond donors (Lipinski definition) is 4. The predicted molar refractivity (Wildman–Crippen MR) is 270 cm³/mol. The van der Waals surface area contributed by atoms with Gasteiger partial charge in [0.2, 0.25) is 35.4 Å². The van der Waals surface area contributed by atoms with Crippen molar-refractivity contribution in [3.63, 3.8) is 0 Å². The van der Waals surface area contributed by atoms with Gasteiger partial charge in [-0.2, -0.15) is 0 Å².